The summed E-state index contributed by atoms with van der Waals surface area (Å²) in [6, 6.07) is 14.9. The molecule has 3 atom stereocenters. The number of ether oxygens (including phenoxy) is 1. The first-order valence-electron chi connectivity index (χ1n) is 47.3. The zero-order valence-corrected chi connectivity index (χ0v) is 77.0. The van der Waals surface area contributed by atoms with E-state index in [1.165, 1.54) is 127 Å². The number of morpholine rings is 1. The lowest BCUT2D eigenvalue weighted by atomic mass is 9.95. The Hall–Kier alpha value is -9.06. The second kappa shape index (κ2) is 37.5. The molecular formula is C100H126F9N13O7. The molecule has 29 heteroatoms. The van der Waals surface area contributed by atoms with E-state index < -0.39 is 35.8 Å². The van der Waals surface area contributed by atoms with Crippen LogP contribution in [0.15, 0.2) is 54.6 Å². The third-order valence-corrected chi connectivity index (χ3v) is 28.3. The van der Waals surface area contributed by atoms with Crippen LogP contribution in [0, 0.1) is 5.82 Å². The van der Waals surface area contributed by atoms with Crippen LogP contribution in [-0.4, -0.2) is 209 Å². The highest BCUT2D eigenvalue weighted by Gasteiger charge is 2.47. The molecule has 0 spiro atoms. The minimum Gasteiger partial charge on any atom is -0.378 e. The van der Waals surface area contributed by atoms with Gasteiger partial charge in [0.1, 0.15) is 18.2 Å². The molecule has 4 saturated heterocycles. The maximum Gasteiger partial charge on any atom is 0.416 e. The molecule has 0 radical (unpaired) electrons. The number of hydrogen-bond donors (Lipinski definition) is 0. The third kappa shape index (κ3) is 20.2. The van der Waals surface area contributed by atoms with Crippen molar-refractivity contribution in [3.05, 3.63) is 184 Å². The Balaban J connectivity index is 0.000000114. The summed E-state index contributed by atoms with van der Waals surface area (Å²) < 4.78 is 127. The number of carbonyl (C=O) groups excluding carboxylic acids is 6. The predicted molar refractivity (Wildman–Crippen MR) is 474 cm³/mol. The molecule has 15 aliphatic rings. The Bertz CT molecular complexity index is 5260. The number of nitrogens with zero attached hydrogens (tertiary/aromatic N) is 13. The highest BCUT2D eigenvalue weighted by Crippen LogP contribution is 2.51. The molecule has 3 unspecified atom stereocenters. The average molecular weight is 1790 g/mol. The first-order valence-corrected chi connectivity index (χ1v) is 47.3. The summed E-state index contributed by atoms with van der Waals surface area (Å²) in [5.41, 5.74) is 15.4. The Morgan fingerprint density at radius 2 is 0.760 bits per heavy atom. The highest BCUT2D eigenvalue weighted by molar-refractivity contribution is 6.03. The second-order valence-electron chi connectivity index (χ2n) is 39.9. The quantitative estimate of drug-likeness (QED) is 0.0741. The molecule has 10 aliphatic heterocycles. The fourth-order valence-electron chi connectivity index (χ4n) is 20.0. The molecule has 129 heavy (non-hydrogen) atoms. The summed E-state index contributed by atoms with van der Waals surface area (Å²) in [7, 11) is 0. The van der Waals surface area contributed by atoms with Crippen LogP contribution in [0.25, 0.3) is 0 Å². The zero-order chi connectivity index (χ0) is 92.0. The van der Waals surface area contributed by atoms with Crippen LogP contribution in [-0.2, 0) is 69.4 Å². The summed E-state index contributed by atoms with van der Waals surface area (Å²) in [6.45, 7) is 36.1. The van der Waals surface area contributed by atoms with Gasteiger partial charge in [-0.15, -0.1) is 0 Å². The molecule has 5 aliphatic carbocycles. The fourth-order valence-corrected chi connectivity index (χ4v) is 20.0. The van der Waals surface area contributed by atoms with Crippen LogP contribution in [0.2, 0.25) is 0 Å². The average Bonchev–Trinajstić information content (AvgIpc) is 1.60. The molecule has 3 aromatic carbocycles. The number of amides is 6. The molecule has 21 rings (SSSR count). The molecule has 0 N–H and O–H groups in total. The lowest BCUT2D eigenvalue weighted by Crippen LogP contribution is -2.36. The third-order valence-electron chi connectivity index (χ3n) is 28.3. The van der Waals surface area contributed by atoms with E-state index >= 15 is 0 Å². The predicted octanol–water partition coefficient (Wildman–Crippen LogP) is 19.1. The van der Waals surface area contributed by atoms with Gasteiger partial charge in [-0.25, -0.2) is 13.2 Å². The van der Waals surface area contributed by atoms with Crippen LogP contribution in [0.3, 0.4) is 0 Å². The van der Waals surface area contributed by atoms with E-state index in [0.29, 0.717) is 118 Å². The number of anilines is 1. The van der Waals surface area contributed by atoms with Gasteiger partial charge in [-0.1, -0.05) is 0 Å². The standard InChI is InChI=1S/C18H22F4N2O.C18H24FN3O.C18H25N3O.C16H19F3N2O2.C16H20N2O.C14H16FNO/c1-10(2)24-9-15-14(17(24)25)6-12(7-16(15)18(20,21)22)11(3)23-5-4-13(19)8-23;1-11(2)22-10-16-15(18(22)23)7-14(20-17(16)12-3-4-12)9-21-6-5-13(19)8-21;1-12(2)21-11-16-15(18(21)22)9-14(10-20-7-3-4-8-20)19-17(16)13-5-6-13;1-10(2)21-9-13-12(15(21)22)7-11(8-14(13)16(17,18)19)20-3-5-23-6-4-20;1-9(2)18-8-13-12(16(18)19)7-14(10-3-4-10)17-15(13)11-5-6-11;1-8(2)16-7-11-10(14(16)17)5-6-12(15)13(11)9-3-4-9/h6-7,10-11,13H,4-5,8-9H2,1-3H3;7,11-13H,3-6,8-10H2,1-2H3;9,12-13H,3-8,10-11H2,1-2H3;7-8,10H,3-6,9H2,1-2H3;7,9-11H,3-6,8H2,1-2H3;5-6,8-9H,3-4,7H2,1-2H3. The summed E-state index contributed by atoms with van der Waals surface area (Å²) in [5.74, 6) is 2.52. The van der Waals surface area contributed by atoms with Gasteiger partial charge in [0, 0.05) is 236 Å². The lowest BCUT2D eigenvalue weighted by molar-refractivity contribution is -0.139. The van der Waals surface area contributed by atoms with E-state index in [9.17, 15) is 68.3 Å². The molecule has 5 saturated carbocycles. The number of pyridine rings is 3. The number of aromatic nitrogens is 3. The van der Waals surface area contributed by atoms with Crippen molar-refractivity contribution in [2.75, 3.05) is 70.5 Å². The maximum absolute atomic E-state index is 13.9. The number of alkyl halides is 8. The van der Waals surface area contributed by atoms with Gasteiger partial charge in [-0.3, -0.25) is 58.4 Å². The molecule has 696 valence electrons. The number of hydrogen-bond acceptors (Lipinski definition) is 14. The number of benzene rings is 3. The molecule has 20 nitrogen and oxygen atoms in total. The molecule has 3 aromatic heterocycles. The number of rotatable bonds is 18. The molecular weight excluding hydrogens is 1670 g/mol. The van der Waals surface area contributed by atoms with Gasteiger partial charge in [0.15, 0.2) is 0 Å². The van der Waals surface area contributed by atoms with Gasteiger partial charge in [0.05, 0.1) is 35.7 Å². The SMILES string of the molecule is CC(C)N1Cc2c(cc(C3CC3)nc2C2CC2)C1=O.CC(C)N1Cc2c(cc(CN3CCC(F)C3)nc2C2CC2)C1=O.CC(C)N1Cc2c(cc(CN3CCCC3)nc2C2CC2)C1=O.CC(C)N1Cc2c(cc(N3CCOCC3)cc2C(F)(F)F)C1=O.CC(C)N1Cc2c(ccc(F)c2C2CC2)C1=O.CC(c1cc2c(c(C(F)(F)F)c1)CN(C(C)C)C2=O)N1CCC(F)C1. The van der Waals surface area contributed by atoms with Gasteiger partial charge >= 0.3 is 12.4 Å². The molecule has 9 fully saturated rings. The van der Waals surface area contributed by atoms with Crippen LogP contribution in [0.5, 0.6) is 0 Å². The molecule has 6 aromatic rings. The van der Waals surface area contributed by atoms with E-state index in [2.05, 4.69) is 63.5 Å². The van der Waals surface area contributed by atoms with Crippen molar-refractivity contribution < 1.29 is 73.0 Å². The van der Waals surface area contributed by atoms with E-state index in [-0.39, 0.29) is 125 Å². The normalized spacial score (nSPS) is 21.7. The summed E-state index contributed by atoms with van der Waals surface area (Å²) in [6.07, 6.45) is 4.87. The number of carbonyl (C=O) groups is 6. The van der Waals surface area contributed by atoms with Gasteiger partial charge in [0.25, 0.3) is 35.4 Å². The largest absolute Gasteiger partial charge is 0.416 e. The Morgan fingerprint density at radius 1 is 0.380 bits per heavy atom. The number of likely N-dealkylation sites (tertiary alicyclic amines) is 3. The first-order chi connectivity index (χ1) is 61.3. The van der Waals surface area contributed by atoms with Crippen molar-refractivity contribution in [2.24, 2.45) is 0 Å². The summed E-state index contributed by atoms with van der Waals surface area (Å²) in [4.78, 5) is 109. The number of halogens is 9. The van der Waals surface area contributed by atoms with Crippen molar-refractivity contribution in [2.45, 2.75) is 329 Å². The maximum atomic E-state index is 13.9. The fraction of sp³-hybridized carbons (Fsp3) is 0.610. The van der Waals surface area contributed by atoms with Crippen molar-refractivity contribution in [1.29, 1.82) is 0 Å². The zero-order valence-electron chi connectivity index (χ0n) is 77.0. The van der Waals surface area contributed by atoms with Gasteiger partial charge in [-0.2, -0.15) is 26.3 Å². The van der Waals surface area contributed by atoms with Gasteiger partial charge < -0.3 is 39.0 Å². The van der Waals surface area contributed by atoms with E-state index in [1.54, 1.807) is 52.8 Å². The van der Waals surface area contributed by atoms with Gasteiger partial charge in [-0.05, 0) is 281 Å². The monoisotopic (exact) mass is 1790 g/mol. The molecule has 13 heterocycles. The Morgan fingerprint density at radius 3 is 1.17 bits per heavy atom. The lowest BCUT2D eigenvalue weighted by Gasteiger charge is -2.29. The van der Waals surface area contributed by atoms with Crippen LogP contribution >= 0.6 is 0 Å². The summed E-state index contributed by atoms with van der Waals surface area (Å²) in [5, 5.41) is 0. The van der Waals surface area contributed by atoms with Crippen molar-refractivity contribution in [3.8, 4) is 0 Å². The highest BCUT2D eigenvalue weighted by atomic mass is 19.4. The van der Waals surface area contributed by atoms with E-state index in [0.717, 1.165) is 95.5 Å². The van der Waals surface area contributed by atoms with E-state index in [4.69, 9.17) is 19.7 Å². The molecule has 6 amide bonds. The Labute approximate surface area is 752 Å². The first kappa shape index (κ1) is 93.2. The van der Waals surface area contributed by atoms with Crippen LogP contribution < -0.4 is 4.90 Å². The van der Waals surface area contributed by atoms with Crippen molar-refractivity contribution in [3.63, 3.8) is 0 Å². The Kier molecular flexibility index (Phi) is 27.1. The van der Waals surface area contributed by atoms with Crippen LogP contribution in [0.1, 0.15) is 367 Å². The number of fused-ring (bicyclic) bond motifs is 6. The second-order valence-corrected chi connectivity index (χ2v) is 39.9. The topological polar surface area (TPSA) is 183 Å². The molecule has 0 bridgehead atoms. The summed E-state index contributed by atoms with van der Waals surface area (Å²) >= 11 is 0. The minimum atomic E-state index is -4.53. The van der Waals surface area contributed by atoms with E-state index in [1.807, 2.05) is 49.3 Å². The minimum absolute atomic E-state index is 0.0179. The van der Waals surface area contributed by atoms with Crippen LogP contribution in [0.4, 0.5) is 45.2 Å². The van der Waals surface area contributed by atoms with Crippen molar-refractivity contribution in [1.82, 2.24) is 59.1 Å². The smallest absolute Gasteiger partial charge is 0.378 e. The van der Waals surface area contributed by atoms with Crippen molar-refractivity contribution >= 4 is 41.1 Å². The van der Waals surface area contributed by atoms with Gasteiger partial charge in [0.2, 0.25) is 0 Å².